The molecule has 0 aliphatic carbocycles. The molecule has 2 nitrogen and oxygen atoms in total. The van der Waals surface area contributed by atoms with Gasteiger partial charge in [0.15, 0.2) is 0 Å². The maximum absolute atomic E-state index is 11.1. The lowest BCUT2D eigenvalue weighted by atomic mass is 9.84. The largest absolute Gasteiger partial charge is 0.425 e. The summed E-state index contributed by atoms with van der Waals surface area (Å²) in [5, 5.41) is 0. The van der Waals surface area contributed by atoms with Gasteiger partial charge in [-0.2, -0.15) is 0 Å². The molecule has 2 heteroatoms. The molecule has 0 aliphatic rings. The number of carbonyl (C=O) groups is 1. The molecule has 0 N–H and O–H groups in total. The molecule has 1 aromatic carbocycles. The Morgan fingerprint density at radius 3 is 1.89 bits per heavy atom. The van der Waals surface area contributed by atoms with Crippen LogP contribution in [0, 0.1) is 0 Å². The molecule has 0 heterocycles. The first-order valence-corrected chi connectivity index (χ1v) is 5.91. The van der Waals surface area contributed by atoms with Gasteiger partial charge in [0.1, 0.15) is 5.75 Å². The molecule has 0 saturated heterocycles. The predicted molar refractivity (Wildman–Crippen MR) is 76.6 cm³/mol. The molecular formula is C16H20O2. The zero-order chi connectivity index (χ0) is 13.9. The second-order valence-electron chi connectivity index (χ2n) is 5.24. The SMILES string of the molecule is C=Cc1cc(C(C)(C)C)cc(C=C)c1OC(C)=O. The average Bonchev–Trinajstić information content (AvgIpc) is 2.26. The number of hydrogen-bond acceptors (Lipinski definition) is 2. The van der Waals surface area contributed by atoms with Crippen molar-refractivity contribution in [2.24, 2.45) is 0 Å². The topological polar surface area (TPSA) is 26.3 Å². The highest BCUT2D eigenvalue weighted by Gasteiger charge is 2.18. The minimum absolute atomic E-state index is 0.0181. The van der Waals surface area contributed by atoms with Crippen molar-refractivity contribution >= 4 is 18.1 Å². The fourth-order valence-corrected chi connectivity index (χ4v) is 1.67. The lowest BCUT2D eigenvalue weighted by Gasteiger charge is -2.22. The summed E-state index contributed by atoms with van der Waals surface area (Å²) in [5.74, 6) is 0.185. The van der Waals surface area contributed by atoms with Crippen molar-refractivity contribution in [2.75, 3.05) is 0 Å². The summed E-state index contributed by atoms with van der Waals surface area (Å²) in [4.78, 5) is 11.1. The number of ether oxygens (including phenoxy) is 1. The van der Waals surface area contributed by atoms with E-state index in [4.69, 9.17) is 4.74 Å². The molecule has 96 valence electrons. The quantitative estimate of drug-likeness (QED) is 0.588. The summed E-state index contributed by atoms with van der Waals surface area (Å²) in [6, 6.07) is 4.00. The van der Waals surface area contributed by atoms with E-state index in [0.29, 0.717) is 5.75 Å². The van der Waals surface area contributed by atoms with Crippen LogP contribution in [-0.4, -0.2) is 5.97 Å². The fraction of sp³-hybridized carbons (Fsp3) is 0.312. The van der Waals surface area contributed by atoms with Crippen LogP contribution in [0.15, 0.2) is 25.3 Å². The highest BCUT2D eigenvalue weighted by molar-refractivity contribution is 5.76. The third kappa shape index (κ3) is 3.10. The maximum Gasteiger partial charge on any atom is 0.308 e. The van der Waals surface area contributed by atoms with E-state index in [1.54, 1.807) is 12.2 Å². The Morgan fingerprint density at radius 1 is 1.17 bits per heavy atom. The number of carbonyl (C=O) groups excluding carboxylic acids is 1. The zero-order valence-electron chi connectivity index (χ0n) is 11.5. The van der Waals surface area contributed by atoms with Gasteiger partial charge in [0.25, 0.3) is 0 Å². The molecule has 18 heavy (non-hydrogen) atoms. The van der Waals surface area contributed by atoms with E-state index in [-0.39, 0.29) is 11.4 Å². The van der Waals surface area contributed by atoms with E-state index >= 15 is 0 Å². The van der Waals surface area contributed by atoms with Crippen molar-refractivity contribution < 1.29 is 9.53 Å². The minimum atomic E-state index is -0.343. The Bertz CT molecular complexity index is 461. The number of benzene rings is 1. The van der Waals surface area contributed by atoms with E-state index in [1.807, 2.05) is 12.1 Å². The normalized spacial score (nSPS) is 10.9. The van der Waals surface area contributed by atoms with Gasteiger partial charge in [0.05, 0.1) is 0 Å². The van der Waals surface area contributed by atoms with Gasteiger partial charge in [-0.15, -0.1) is 0 Å². The monoisotopic (exact) mass is 244 g/mol. The fourth-order valence-electron chi connectivity index (χ4n) is 1.67. The van der Waals surface area contributed by atoms with Gasteiger partial charge in [-0.1, -0.05) is 46.1 Å². The number of esters is 1. The maximum atomic E-state index is 11.1. The summed E-state index contributed by atoms with van der Waals surface area (Å²) in [5.41, 5.74) is 2.80. The van der Waals surface area contributed by atoms with Gasteiger partial charge >= 0.3 is 5.97 Å². The van der Waals surface area contributed by atoms with Crippen LogP contribution >= 0.6 is 0 Å². The van der Waals surface area contributed by atoms with Crippen molar-refractivity contribution in [2.45, 2.75) is 33.1 Å². The van der Waals surface area contributed by atoms with Crippen LogP contribution in [0.2, 0.25) is 0 Å². The molecule has 0 radical (unpaired) electrons. The Labute approximate surface area is 109 Å². The van der Waals surface area contributed by atoms with E-state index in [9.17, 15) is 4.79 Å². The van der Waals surface area contributed by atoms with Crippen molar-refractivity contribution in [3.8, 4) is 5.75 Å². The number of rotatable bonds is 3. The first-order chi connectivity index (χ1) is 8.29. The van der Waals surface area contributed by atoms with Gasteiger partial charge < -0.3 is 4.74 Å². The summed E-state index contributed by atoms with van der Waals surface area (Å²) in [6.07, 6.45) is 3.39. The molecule has 0 bridgehead atoms. The Balaban J connectivity index is 3.48. The van der Waals surface area contributed by atoms with Gasteiger partial charge in [-0.05, 0) is 23.1 Å². The van der Waals surface area contributed by atoms with Crippen LogP contribution < -0.4 is 4.74 Å². The van der Waals surface area contributed by atoms with Gasteiger partial charge in [0, 0.05) is 18.1 Å². The third-order valence-electron chi connectivity index (χ3n) is 2.70. The lowest BCUT2D eigenvalue weighted by molar-refractivity contribution is -0.131. The summed E-state index contributed by atoms with van der Waals surface area (Å²) < 4.78 is 5.24. The first-order valence-electron chi connectivity index (χ1n) is 5.91. The van der Waals surface area contributed by atoms with Gasteiger partial charge in [-0.25, -0.2) is 0 Å². The molecule has 0 spiro atoms. The highest BCUT2D eigenvalue weighted by Crippen LogP contribution is 2.33. The summed E-state index contributed by atoms with van der Waals surface area (Å²) >= 11 is 0. The van der Waals surface area contributed by atoms with Crippen molar-refractivity contribution in [3.05, 3.63) is 42.0 Å². The van der Waals surface area contributed by atoms with Crippen LogP contribution in [0.3, 0.4) is 0 Å². The molecule has 0 fully saturated rings. The first kappa shape index (κ1) is 14.2. The van der Waals surface area contributed by atoms with E-state index in [0.717, 1.165) is 16.7 Å². The number of hydrogen-bond donors (Lipinski definition) is 0. The van der Waals surface area contributed by atoms with Gasteiger partial charge in [-0.3, -0.25) is 4.79 Å². The standard InChI is InChI=1S/C16H20O2/c1-7-12-9-14(16(4,5)6)10-13(8-2)15(12)18-11(3)17/h7-10H,1-2H2,3-6H3. The molecule has 0 aliphatic heterocycles. The Hall–Kier alpha value is -1.83. The van der Waals surface area contributed by atoms with Crippen LogP contribution in [0.1, 0.15) is 44.4 Å². The third-order valence-corrected chi connectivity index (χ3v) is 2.70. The molecule has 0 aromatic heterocycles. The van der Waals surface area contributed by atoms with E-state index in [1.165, 1.54) is 6.92 Å². The van der Waals surface area contributed by atoms with E-state index < -0.39 is 0 Å². The molecule has 1 rings (SSSR count). The minimum Gasteiger partial charge on any atom is -0.425 e. The molecule has 0 unspecified atom stereocenters. The average molecular weight is 244 g/mol. The Morgan fingerprint density at radius 2 is 1.61 bits per heavy atom. The summed E-state index contributed by atoms with van der Waals surface area (Å²) in [7, 11) is 0. The zero-order valence-corrected chi connectivity index (χ0v) is 11.5. The van der Waals surface area contributed by atoms with Crippen molar-refractivity contribution in [1.82, 2.24) is 0 Å². The van der Waals surface area contributed by atoms with Crippen LogP contribution in [0.25, 0.3) is 12.2 Å². The molecule has 0 amide bonds. The molecular weight excluding hydrogens is 224 g/mol. The Kier molecular flexibility index (Phi) is 4.12. The molecule has 1 aromatic rings. The van der Waals surface area contributed by atoms with Crippen LogP contribution in [0.5, 0.6) is 5.75 Å². The summed E-state index contributed by atoms with van der Waals surface area (Å²) in [6.45, 7) is 15.3. The van der Waals surface area contributed by atoms with Gasteiger partial charge in [0.2, 0.25) is 0 Å². The van der Waals surface area contributed by atoms with Crippen molar-refractivity contribution in [1.29, 1.82) is 0 Å². The molecule has 0 atom stereocenters. The van der Waals surface area contributed by atoms with Crippen LogP contribution in [-0.2, 0) is 10.2 Å². The van der Waals surface area contributed by atoms with E-state index in [2.05, 4.69) is 33.9 Å². The second kappa shape index (κ2) is 5.21. The van der Waals surface area contributed by atoms with Crippen LogP contribution in [0.4, 0.5) is 0 Å². The smallest absolute Gasteiger partial charge is 0.308 e. The highest BCUT2D eigenvalue weighted by atomic mass is 16.5. The second-order valence-corrected chi connectivity index (χ2v) is 5.24. The van der Waals surface area contributed by atoms with Crippen molar-refractivity contribution in [3.63, 3.8) is 0 Å². The lowest BCUT2D eigenvalue weighted by Crippen LogP contribution is -2.13. The predicted octanol–water partition coefficient (Wildman–Crippen LogP) is 4.20. The molecule has 0 saturated carbocycles.